The first kappa shape index (κ1) is 25.3. The number of anilines is 1. The molecule has 0 aliphatic carbocycles. The topological polar surface area (TPSA) is 102 Å². The average molecular weight is 542 g/mol. The number of fused-ring (bicyclic) bond motifs is 1. The maximum absolute atomic E-state index is 13.3. The Bertz CT molecular complexity index is 1350. The molecule has 2 atom stereocenters. The van der Waals surface area contributed by atoms with Crippen molar-refractivity contribution in [1.82, 2.24) is 19.9 Å². The molecule has 0 saturated carbocycles. The summed E-state index contributed by atoms with van der Waals surface area (Å²) in [5.41, 5.74) is 4.22. The Morgan fingerprint density at radius 1 is 1.31 bits per heavy atom. The monoisotopic (exact) mass is 541 g/mol. The number of aromatic amines is 1. The van der Waals surface area contributed by atoms with Gasteiger partial charge in [-0.25, -0.2) is 23.0 Å². The molecule has 4 aromatic rings. The minimum Gasteiger partial charge on any atom is -0.480 e. The van der Waals surface area contributed by atoms with Crippen molar-refractivity contribution in [2.75, 3.05) is 18.4 Å². The van der Waals surface area contributed by atoms with E-state index in [0.717, 1.165) is 0 Å². The number of hydrogen-bond donors (Lipinski definition) is 2. The number of H-pyrrole nitrogens is 1. The van der Waals surface area contributed by atoms with E-state index in [0.29, 0.717) is 44.2 Å². The molecule has 13 heteroatoms. The molecule has 186 valence electrons. The third-order valence-corrected chi connectivity index (χ3v) is 7.33. The van der Waals surface area contributed by atoms with Gasteiger partial charge < -0.3 is 14.5 Å². The average Bonchev–Trinajstić information content (AvgIpc) is 3.52. The Balaban J connectivity index is 1.70. The van der Waals surface area contributed by atoms with Crippen LogP contribution in [0.1, 0.15) is 31.9 Å². The molecule has 8 nitrogen and oxygen atoms in total. The Kier molecular flexibility index (Phi) is 7.82. The largest absolute Gasteiger partial charge is 0.480 e. The van der Waals surface area contributed by atoms with Gasteiger partial charge in [0, 0.05) is 28.4 Å². The third kappa shape index (κ3) is 5.24. The first-order chi connectivity index (χ1) is 16.8. The van der Waals surface area contributed by atoms with Gasteiger partial charge in [-0.1, -0.05) is 31.5 Å². The highest BCUT2D eigenvalue weighted by Gasteiger charge is 2.24. The molecule has 2 unspecified atom stereocenters. The van der Waals surface area contributed by atoms with Crippen molar-refractivity contribution < 1.29 is 22.5 Å². The molecule has 3 aromatic heterocycles. The summed E-state index contributed by atoms with van der Waals surface area (Å²) in [6.45, 7) is 2.99. The van der Waals surface area contributed by atoms with E-state index in [-0.39, 0.29) is 23.5 Å². The van der Waals surface area contributed by atoms with Crippen molar-refractivity contribution in [3.63, 3.8) is 0 Å². The lowest BCUT2D eigenvalue weighted by molar-refractivity contribution is 0.0790. The number of nitrogens with one attached hydrogen (secondary N) is 2. The van der Waals surface area contributed by atoms with Gasteiger partial charge in [0.1, 0.15) is 6.61 Å². The molecular formula is C22H22ClF2N5O3S2. The number of thiazole rings is 1. The Morgan fingerprint density at radius 2 is 2.11 bits per heavy atom. The summed E-state index contributed by atoms with van der Waals surface area (Å²) in [4.78, 5) is 16.6. The van der Waals surface area contributed by atoms with Crippen LogP contribution in [0.4, 0.5) is 14.7 Å². The van der Waals surface area contributed by atoms with Gasteiger partial charge in [-0.05, 0) is 12.5 Å². The Morgan fingerprint density at radius 3 is 2.77 bits per heavy atom. The normalized spacial score (nSPS) is 13.2. The molecule has 35 heavy (non-hydrogen) atoms. The molecule has 0 radical (unpaired) electrons. The van der Waals surface area contributed by atoms with Crippen LogP contribution in [-0.4, -0.2) is 44.3 Å². The smallest absolute Gasteiger partial charge is 0.272 e. The van der Waals surface area contributed by atoms with E-state index in [9.17, 15) is 13.0 Å². The summed E-state index contributed by atoms with van der Waals surface area (Å²) in [7, 11) is -0.425. The number of ether oxygens (including phenoxy) is 2. The number of aromatic nitrogens is 4. The summed E-state index contributed by atoms with van der Waals surface area (Å²) < 4.78 is 52.2. The lowest BCUT2D eigenvalue weighted by atomic mass is 10.0. The first-order valence-electron chi connectivity index (χ1n) is 10.6. The van der Waals surface area contributed by atoms with Crippen LogP contribution in [-0.2, 0) is 11.0 Å². The predicted octanol–water partition coefficient (Wildman–Crippen LogP) is 6.04. The molecule has 4 rings (SSSR count). The number of methoxy groups -OCH3 is 1. The molecule has 0 saturated heterocycles. The number of nitrogens with zero attached hydrogens (tertiary/aromatic N) is 3. The van der Waals surface area contributed by atoms with Crippen LogP contribution in [0.15, 0.2) is 34.1 Å². The van der Waals surface area contributed by atoms with Crippen LogP contribution in [0.5, 0.6) is 11.6 Å². The Hall–Kier alpha value is -2.83. The summed E-state index contributed by atoms with van der Waals surface area (Å²) in [6, 6.07) is 3.50. The molecule has 0 aliphatic heterocycles. The van der Waals surface area contributed by atoms with Gasteiger partial charge in [-0.2, -0.15) is 4.98 Å². The Labute approximate surface area is 211 Å². The van der Waals surface area contributed by atoms with Crippen LogP contribution in [0.25, 0.3) is 22.2 Å². The highest BCUT2D eigenvalue weighted by Crippen LogP contribution is 2.38. The van der Waals surface area contributed by atoms with Gasteiger partial charge >= 0.3 is 0 Å². The van der Waals surface area contributed by atoms with Crippen LogP contribution in [0, 0.1) is 0 Å². The van der Waals surface area contributed by atoms with Crippen molar-refractivity contribution in [2.45, 2.75) is 37.5 Å². The quantitative estimate of drug-likeness (QED) is 0.254. The fourth-order valence-electron chi connectivity index (χ4n) is 3.47. The molecule has 0 aliphatic rings. The molecule has 3 heterocycles. The molecular weight excluding hydrogens is 520 g/mol. The van der Waals surface area contributed by atoms with Crippen molar-refractivity contribution in [3.8, 4) is 22.9 Å². The fourth-order valence-corrected chi connectivity index (χ4v) is 5.17. The number of hydrogen-bond acceptors (Lipinski definition) is 7. The van der Waals surface area contributed by atoms with Crippen LogP contribution in [0.3, 0.4) is 0 Å². The summed E-state index contributed by atoms with van der Waals surface area (Å²) >= 11 is 7.87. The zero-order valence-electron chi connectivity index (χ0n) is 19.0. The van der Waals surface area contributed by atoms with Crippen LogP contribution in [0.2, 0.25) is 5.02 Å². The number of benzene rings is 1. The number of alkyl halides is 2. The summed E-state index contributed by atoms with van der Waals surface area (Å²) in [6.07, 6.45) is -0.386. The van der Waals surface area contributed by atoms with Gasteiger partial charge in [-0.15, -0.1) is 11.3 Å². The second-order valence-corrected chi connectivity index (χ2v) is 9.83. The minimum absolute atomic E-state index is 0.0166. The lowest BCUT2D eigenvalue weighted by Gasteiger charge is -2.18. The molecule has 1 aromatic carbocycles. The summed E-state index contributed by atoms with van der Waals surface area (Å²) in [5.74, 6) is -0.104. The van der Waals surface area contributed by atoms with E-state index in [2.05, 4.69) is 24.7 Å². The maximum atomic E-state index is 13.3. The van der Waals surface area contributed by atoms with E-state index in [1.54, 1.807) is 23.8 Å². The van der Waals surface area contributed by atoms with E-state index in [4.69, 9.17) is 21.1 Å². The van der Waals surface area contributed by atoms with E-state index in [1.165, 1.54) is 18.4 Å². The highest BCUT2D eigenvalue weighted by molar-refractivity contribution is 7.86. The standard InChI is InChI=1S/C22H22ClF2N5O3S2/c1-4-11(2)18-20(33-8-16(24)25)21(32-3)29-22(28-18)30-35(31)15-7-26-19-12(15)5-6-13(23)17(19)14-9-34-10-27-14/h5-7,9-11,16,26H,4,8H2,1-3H3,(H,28,29,30). The number of rotatable bonds is 10. The lowest BCUT2D eigenvalue weighted by Crippen LogP contribution is -2.15. The van der Waals surface area contributed by atoms with E-state index >= 15 is 0 Å². The predicted molar refractivity (Wildman–Crippen MR) is 133 cm³/mol. The maximum Gasteiger partial charge on any atom is 0.272 e. The minimum atomic E-state index is -2.67. The SMILES string of the molecule is CCC(C)c1nc(NS(=O)c2c[nH]c3c(-c4cscn4)c(Cl)ccc23)nc(OC)c1OCC(F)F. The zero-order chi connectivity index (χ0) is 25.1. The molecule has 0 amide bonds. The first-order valence-corrected chi connectivity index (χ1v) is 13.0. The van der Waals surface area contributed by atoms with E-state index < -0.39 is 24.0 Å². The molecule has 0 spiro atoms. The van der Waals surface area contributed by atoms with Crippen LogP contribution < -0.4 is 14.2 Å². The summed E-state index contributed by atoms with van der Waals surface area (Å²) in [5, 5.41) is 3.08. The van der Waals surface area contributed by atoms with Gasteiger partial charge in [0.25, 0.3) is 12.3 Å². The fraction of sp³-hybridized carbons (Fsp3) is 0.318. The van der Waals surface area contributed by atoms with Crippen LogP contribution >= 0.6 is 22.9 Å². The number of halogens is 3. The highest BCUT2D eigenvalue weighted by atomic mass is 35.5. The molecule has 2 N–H and O–H groups in total. The second-order valence-electron chi connectivity index (χ2n) is 7.52. The zero-order valence-corrected chi connectivity index (χ0v) is 21.4. The van der Waals surface area contributed by atoms with Crippen molar-refractivity contribution in [3.05, 3.63) is 39.9 Å². The van der Waals surface area contributed by atoms with Crippen molar-refractivity contribution >= 4 is 50.8 Å². The van der Waals surface area contributed by atoms with Gasteiger partial charge in [0.2, 0.25) is 11.7 Å². The van der Waals surface area contributed by atoms with Crippen molar-refractivity contribution in [2.24, 2.45) is 0 Å². The van der Waals surface area contributed by atoms with Gasteiger partial charge in [-0.3, -0.25) is 4.72 Å². The van der Waals surface area contributed by atoms with Crippen molar-refractivity contribution in [1.29, 1.82) is 0 Å². The second kappa shape index (κ2) is 10.8. The van der Waals surface area contributed by atoms with Gasteiger partial charge in [0.15, 0.2) is 11.0 Å². The third-order valence-electron chi connectivity index (χ3n) is 5.33. The van der Waals surface area contributed by atoms with E-state index in [1.807, 2.05) is 19.2 Å². The molecule has 0 fully saturated rings. The van der Waals surface area contributed by atoms with Gasteiger partial charge in [0.05, 0.1) is 39.4 Å². The molecule has 0 bridgehead atoms.